The SMILES string of the molecule is CCc1ccc(OCCOc2c(CN)cccc2OC)cc1. The normalized spacial score (nSPS) is 10.3. The van der Waals surface area contributed by atoms with Crippen molar-refractivity contribution in [1.29, 1.82) is 0 Å². The van der Waals surface area contributed by atoms with Gasteiger partial charge in [-0.3, -0.25) is 0 Å². The summed E-state index contributed by atoms with van der Waals surface area (Å²) in [7, 11) is 1.62. The molecule has 22 heavy (non-hydrogen) atoms. The van der Waals surface area contributed by atoms with Crippen LogP contribution in [0, 0.1) is 0 Å². The first-order chi connectivity index (χ1) is 10.8. The van der Waals surface area contributed by atoms with Gasteiger partial charge in [0, 0.05) is 12.1 Å². The molecule has 0 heterocycles. The van der Waals surface area contributed by atoms with Gasteiger partial charge in [0.05, 0.1) is 7.11 Å². The number of ether oxygens (including phenoxy) is 3. The Balaban J connectivity index is 1.88. The van der Waals surface area contributed by atoms with Gasteiger partial charge in [0.15, 0.2) is 11.5 Å². The lowest BCUT2D eigenvalue weighted by Gasteiger charge is -2.14. The van der Waals surface area contributed by atoms with E-state index in [0.717, 1.165) is 17.7 Å². The van der Waals surface area contributed by atoms with Crippen LogP contribution < -0.4 is 19.9 Å². The van der Waals surface area contributed by atoms with E-state index < -0.39 is 0 Å². The van der Waals surface area contributed by atoms with Crippen LogP contribution in [0.4, 0.5) is 0 Å². The van der Waals surface area contributed by atoms with E-state index in [1.165, 1.54) is 5.56 Å². The highest BCUT2D eigenvalue weighted by Crippen LogP contribution is 2.30. The summed E-state index contributed by atoms with van der Waals surface area (Å²) in [5.41, 5.74) is 7.95. The Bertz CT molecular complexity index is 559. The van der Waals surface area contributed by atoms with Crippen molar-refractivity contribution in [2.75, 3.05) is 20.3 Å². The number of aryl methyl sites for hydroxylation is 1. The summed E-state index contributed by atoms with van der Waals surface area (Å²) < 4.78 is 16.8. The Kier molecular flexibility index (Phi) is 6.10. The molecule has 0 saturated carbocycles. The van der Waals surface area contributed by atoms with Crippen molar-refractivity contribution in [2.45, 2.75) is 19.9 Å². The number of hydrogen-bond acceptors (Lipinski definition) is 4. The summed E-state index contributed by atoms with van der Waals surface area (Å²) in [5.74, 6) is 2.23. The van der Waals surface area contributed by atoms with Gasteiger partial charge >= 0.3 is 0 Å². The van der Waals surface area contributed by atoms with Gasteiger partial charge in [-0.1, -0.05) is 31.2 Å². The van der Waals surface area contributed by atoms with Crippen molar-refractivity contribution in [2.24, 2.45) is 5.73 Å². The minimum absolute atomic E-state index is 0.409. The Morgan fingerprint density at radius 2 is 1.68 bits per heavy atom. The van der Waals surface area contributed by atoms with Crippen LogP contribution in [0.25, 0.3) is 0 Å². The molecule has 2 aromatic rings. The fraction of sp³-hybridized carbons (Fsp3) is 0.333. The van der Waals surface area contributed by atoms with E-state index in [2.05, 4.69) is 19.1 Å². The van der Waals surface area contributed by atoms with E-state index in [4.69, 9.17) is 19.9 Å². The van der Waals surface area contributed by atoms with Crippen molar-refractivity contribution in [3.8, 4) is 17.2 Å². The van der Waals surface area contributed by atoms with E-state index >= 15 is 0 Å². The molecule has 2 aromatic carbocycles. The fourth-order valence-electron chi connectivity index (χ4n) is 2.17. The highest BCUT2D eigenvalue weighted by atomic mass is 16.5. The molecule has 0 bridgehead atoms. The second-order valence-electron chi connectivity index (χ2n) is 4.85. The summed E-state index contributed by atoms with van der Waals surface area (Å²) in [6, 6.07) is 13.8. The lowest BCUT2D eigenvalue weighted by molar-refractivity contribution is 0.210. The molecule has 0 saturated heterocycles. The highest BCUT2D eigenvalue weighted by Gasteiger charge is 2.09. The minimum Gasteiger partial charge on any atom is -0.493 e. The smallest absolute Gasteiger partial charge is 0.165 e. The summed E-state index contributed by atoms with van der Waals surface area (Å²) in [6.07, 6.45) is 1.03. The van der Waals surface area contributed by atoms with Crippen molar-refractivity contribution in [1.82, 2.24) is 0 Å². The molecule has 0 amide bonds. The first kappa shape index (κ1) is 16.2. The van der Waals surface area contributed by atoms with E-state index in [0.29, 0.717) is 31.3 Å². The summed E-state index contributed by atoms with van der Waals surface area (Å²) >= 11 is 0. The maximum atomic E-state index is 5.79. The second-order valence-corrected chi connectivity index (χ2v) is 4.85. The average molecular weight is 301 g/mol. The largest absolute Gasteiger partial charge is 0.493 e. The van der Waals surface area contributed by atoms with Crippen molar-refractivity contribution < 1.29 is 14.2 Å². The van der Waals surface area contributed by atoms with E-state index in [1.807, 2.05) is 30.3 Å². The van der Waals surface area contributed by atoms with Gasteiger partial charge in [0.2, 0.25) is 0 Å². The Morgan fingerprint density at radius 1 is 0.955 bits per heavy atom. The maximum Gasteiger partial charge on any atom is 0.165 e. The molecule has 0 aromatic heterocycles. The van der Waals surface area contributed by atoms with Crippen molar-refractivity contribution >= 4 is 0 Å². The molecule has 0 radical (unpaired) electrons. The average Bonchev–Trinajstić information content (AvgIpc) is 2.59. The fourth-order valence-corrected chi connectivity index (χ4v) is 2.17. The van der Waals surface area contributed by atoms with Crippen LogP contribution in [-0.4, -0.2) is 20.3 Å². The Morgan fingerprint density at radius 3 is 2.32 bits per heavy atom. The van der Waals surface area contributed by atoms with E-state index in [-0.39, 0.29) is 0 Å². The molecule has 0 fully saturated rings. The number of benzene rings is 2. The molecule has 4 nitrogen and oxygen atoms in total. The van der Waals surface area contributed by atoms with E-state index in [9.17, 15) is 0 Å². The maximum absolute atomic E-state index is 5.79. The van der Waals surface area contributed by atoms with Gasteiger partial charge in [0.1, 0.15) is 19.0 Å². The zero-order valence-corrected chi connectivity index (χ0v) is 13.2. The lowest BCUT2D eigenvalue weighted by atomic mass is 10.2. The molecule has 118 valence electrons. The zero-order chi connectivity index (χ0) is 15.8. The first-order valence-electron chi connectivity index (χ1n) is 7.49. The summed E-state index contributed by atoms with van der Waals surface area (Å²) in [4.78, 5) is 0. The monoisotopic (exact) mass is 301 g/mol. The third kappa shape index (κ3) is 4.15. The van der Waals surface area contributed by atoms with Gasteiger partial charge in [-0.05, 0) is 30.2 Å². The van der Waals surface area contributed by atoms with Crippen molar-refractivity contribution in [3.63, 3.8) is 0 Å². The quantitative estimate of drug-likeness (QED) is 0.761. The van der Waals surface area contributed by atoms with Gasteiger partial charge < -0.3 is 19.9 Å². The van der Waals surface area contributed by atoms with Crippen LogP contribution in [0.2, 0.25) is 0 Å². The third-order valence-corrected chi connectivity index (χ3v) is 3.43. The molecule has 4 heteroatoms. The van der Waals surface area contributed by atoms with Crippen molar-refractivity contribution in [3.05, 3.63) is 53.6 Å². The molecule has 0 aliphatic heterocycles. The Hall–Kier alpha value is -2.20. The number of para-hydroxylation sites is 1. The summed E-state index contributed by atoms with van der Waals surface area (Å²) in [6.45, 7) is 3.44. The molecule has 0 aliphatic rings. The van der Waals surface area contributed by atoms with Gasteiger partial charge in [0.25, 0.3) is 0 Å². The molecule has 0 unspecified atom stereocenters. The molecular weight excluding hydrogens is 278 g/mol. The topological polar surface area (TPSA) is 53.7 Å². The van der Waals surface area contributed by atoms with Crippen LogP contribution in [0.3, 0.4) is 0 Å². The van der Waals surface area contributed by atoms with Crippen LogP contribution in [0.5, 0.6) is 17.2 Å². The van der Waals surface area contributed by atoms with Crippen LogP contribution in [0.15, 0.2) is 42.5 Å². The lowest BCUT2D eigenvalue weighted by Crippen LogP contribution is -2.11. The molecule has 2 rings (SSSR count). The predicted molar refractivity (Wildman–Crippen MR) is 87.7 cm³/mol. The summed E-state index contributed by atoms with van der Waals surface area (Å²) in [5, 5.41) is 0. The van der Waals surface area contributed by atoms with Gasteiger partial charge in [-0.15, -0.1) is 0 Å². The standard InChI is InChI=1S/C18H23NO3/c1-3-14-7-9-16(10-8-14)21-11-12-22-18-15(13-19)5-4-6-17(18)20-2/h4-10H,3,11-13,19H2,1-2H3. The van der Waals surface area contributed by atoms with Gasteiger partial charge in [-0.2, -0.15) is 0 Å². The van der Waals surface area contributed by atoms with Crippen LogP contribution in [0.1, 0.15) is 18.1 Å². The number of hydrogen-bond donors (Lipinski definition) is 1. The predicted octanol–water partition coefficient (Wildman–Crippen LogP) is 3.17. The third-order valence-electron chi connectivity index (χ3n) is 3.43. The van der Waals surface area contributed by atoms with Crippen LogP contribution >= 0.6 is 0 Å². The van der Waals surface area contributed by atoms with Crippen LogP contribution in [-0.2, 0) is 13.0 Å². The highest BCUT2D eigenvalue weighted by molar-refractivity contribution is 5.46. The molecule has 0 aliphatic carbocycles. The molecule has 0 spiro atoms. The number of rotatable bonds is 8. The first-order valence-corrected chi connectivity index (χ1v) is 7.49. The molecule has 2 N–H and O–H groups in total. The minimum atomic E-state index is 0.409. The number of nitrogens with two attached hydrogens (primary N) is 1. The Labute approximate surface area is 131 Å². The van der Waals surface area contributed by atoms with Gasteiger partial charge in [-0.25, -0.2) is 0 Å². The molecule has 0 atom stereocenters. The number of methoxy groups -OCH3 is 1. The molecular formula is C18H23NO3. The van der Waals surface area contributed by atoms with E-state index in [1.54, 1.807) is 7.11 Å². The second kappa shape index (κ2) is 8.29. The zero-order valence-electron chi connectivity index (χ0n) is 13.2.